The molecule has 0 amide bonds. The van der Waals surface area contributed by atoms with Gasteiger partial charge in [-0.3, -0.25) is 4.52 Å². The van der Waals surface area contributed by atoms with E-state index in [1.807, 2.05) is 0 Å². The number of para-hydroxylation sites is 2. The Morgan fingerprint density at radius 1 is 1.03 bits per heavy atom. The van der Waals surface area contributed by atoms with Crippen molar-refractivity contribution in [2.24, 2.45) is 7.05 Å². The Kier molecular flexibility index (Phi) is 6.93. The van der Waals surface area contributed by atoms with Crippen LogP contribution in [-0.4, -0.2) is 64.3 Å². The third kappa shape index (κ3) is 5.86. The normalized spacial score (nSPS) is 28.5. The number of aliphatic hydroxyl groups is 2. The van der Waals surface area contributed by atoms with Crippen molar-refractivity contribution >= 4 is 34.5 Å². The van der Waals surface area contributed by atoms with E-state index in [2.05, 4.69) is 18.1 Å². The maximum absolute atomic E-state index is 11.8. The molecule has 0 radical (unpaired) electrons. The Hall–Kier alpha value is -1.02. The summed E-state index contributed by atoms with van der Waals surface area (Å²) < 4.78 is 52.6. The monoisotopic (exact) mass is 504 g/mol. The zero-order chi connectivity index (χ0) is 23.2. The molecule has 1 saturated heterocycles. The Balaban J connectivity index is 1.69. The number of ether oxygens (including phenoxy) is 1. The molecule has 1 aromatic carbocycles. The number of benzene rings is 1. The number of aryl methyl sites for hydroxylation is 1. The van der Waals surface area contributed by atoms with Gasteiger partial charge in [0.1, 0.15) is 30.2 Å². The standard InChI is InChI=1S/C13H19N2O13P3/c1-15-8-5-3-2-4-7(8)14-13(15)12-11(17)10(16)9(26-12)6-25-30(21,22)28-31(23,24)27-29(18,19)20/h2-5,9-12,16-17H,6H2,1H3,(H,21,22)(H,23,24)(H2,18,19,20)/t9-,10-,11-,12-/m1/s1. The number of hydrogen-bond donors (Lipinski definition) is 6. The van der Waals surface area contributed by atoms with Gasteiger partial charge in [-0.2, -0.15) is 8.62 Å². The molecule has 1 aliphatic heterocycles. The Bertz CT molecular complexity index is 1100. The summed E-state index contributed by atoms with van der Waals surface area (Å²) in [5, 5.41) is 20.5. The summed E-state index contributed by atoms with van der Waals surface area (Å²) in [6, 6.07) is 7.03. The van der Waals surface area contributed by atoms with Gasteiger partial charge in [0.2, 0.25) is 0 Å². The van der Waals surface area contributed by atoms with Crippen LogP contribution in [0.4, 0.5) is 0 Å². The van der Waals surface area contributed by atoms with Crippen molar-refractivity contribution in [2.45, 2.75) is 24.4 Å². The van der Waals surface area contributed by atoms with Crippen LogP contribution in [0.2, 0.25) is 0 Å². The number of hydrogen-bond acceptors (Lipinski definition) is 10. The van der Waals surface area contributed by atoms with Gasteiger partial charge in [0.15, 0.2) is 0 Å². The SMILES string of the molecule is Cn1c([C@@H]2O[C@H](COP(=O)(O)OP(=O)(O)OP(=O)(O)O)[C@@H](O)[C@H]2O)nc2ccccc21. The lowest BCUT2D eigenvalue weighted by Gasteiger charge is -2.19. The highest BCUT2D eigenvalue weighted by molar-refractivity contribution is 7.66. The second-order valence-corrected chi connectivity index (χ2v) is 10.9. The van der Waals surface area contributed by atoms with Crippen molar-refractivity contribution in [1.82, 2.24) is 9.55 Å². The second kappa shape index (κ2) is 8.73. The number of nitrogens with zero attached hydrogens (tertiary/aromatic N) is 2. The Morgan fingerprint density at radius 2 is 1.68 bits per heavy atom. The molecule has 2 heterocycles. The van der Waals surface area contributed by atoms with E-state index in [-0.39, 0.29) is 5.82 Å². The van der Waals surface area contributed by atoms with Crippen molar-refractivity contribution in [3.05, 3.63) is 30.1 Å². The molecule has 6 N–H and O–H groups in total. The van der Waals surface area contributed by atoms with Crippen molar-refractivity contribution < 1.29 is 61.4 Å². The first-order valence-electron chi connectivity index (χ1n) is 8.40. The fourth-order valence-corrected chi connectivity index (χ4v) is 6.02. The summed E-state index contributed by atoms with van der Waals surface area (Å²) in [6.45, 7) is -0.900. The molecule has 31 heavy (non-hydrogen) atoms. The molecule has 0 saturated carbocycles. The van der Waals surface area contributed by atoms with Gasteiger partial charge in [-0.05, 0) is 12.1 Å². The van der Waals surface area contributed by atoms with E-state index in [1.165, 1.54) is 0 Å². The van der Waals surface area contributed by atoms with E-state index >= 15 is 0 Å². The predicted octanol–water partition coefficient (Wildman–Crippen LogP) is 0.0783. The van der Waals surface area contributed by atoms with Crippen LogP contribution >= 0.6 is 23.5 Å². The summed E-state index contributed by atoms with van der Waals surface area (Å²) >= 11 is 0. The van der Waals surface area contributed by atoms with E-state index in [0.717, 1.165) is 5.52 Å². The number of aliphatic hydroxyl groups excluding tert-OH is 2. The van der Waals surface area contributed by atoms with E-state index in [0.29, 0.717) is 5.52 Å². The van der Waals surface area contributed by atoms with Gasteiger partial charge >= 0.3 is 23.5 Å². The number of fused-ring (bicyclic) bond motifs is 1. The molecule has 1 aliphatic rings. The molecule has 15 nitrogen and oxygen atoms in total. The highest BCUT2D eigenvalue weighted by Gasteiger charge is 2.47. The minimum Gasteiger partial charge on any atom is -0.387 e. The third-order valence-corrected chi connectivity index (χ3v) is 8.06. The smallest absolute Gasteiger partial charge is 0.387 e. The average Bonchev–Trinajstić information content (AvgIpc) is 3.08. The van der Waals surface area contributed by atoms with Gasteiger partial charge in [0.25, 0.3) is 0 Å². The molecule has 0 bridgehead atoms. The minimum absolute atomic E-state index is 0.258. The van der Waals surface area contributed by atoms with Crippen molar-refractivity contribution in [1.29, 1.82) is 0 Å². The van der Waals surface area contributed by atoms with Crippen LogP contribution in [0.25, 0.3) is 11.0 Å². The lowest BCUT2D eigenvalue weighted by Crippen LogP contribution is -2.33. The van der Waals surface area contributed by atoms with E-state index in [1.54, 1.807) is 35.9 Å². The molecule has 6 atom stereocenters. The molecule has 2 aromatic rings. The second-order valence-electron chi connectivity index (χ2n) is 6.48. The van der Waals surface area contributed by atoms with Crippen molar-refractivity contribution in [3.63, 3.8) is 0 Å². The lowest BCUT2D eigenvalue weighted by molar-refractivity contribution is -0.0253. The van der Waals surface area contributed by atoms with Crippen LogP contribution in [0.15, 0.2) is 24.3 Å². The first-order chi connectivity index (χ1) is 14.2. The summed E-state index contributed by atoms with van der Waals surface area (Å²) in [5.74, 6) is 0.258. The quantitative estimate of drug-likeness (QED) is 0.262. The zero-order valence-corrected chi connectivity index (χ0v) is 18.3. The maximum atomic E-state index is 11.8. The molecule has 2 unspecified atom stereocenters. The first kappa shape index (κ1) is 24.6. The van der Waals surface area contributed by atoms with Gasteiger partial charge in [-0.1, -0.05) is 12.1 Å². The number of imidazole rings is 1. The Morgan fingerprint density at radius 3 is 2.29 bits per heavy atom. The fraction of sp³-hybridized carbons (Fsp3) is 0.462. The molecular formula is C13H19N2O13P3. The number of rotatable bonds is 8. The van der Waals surface area contributed by atoms with Crippen LogP contribution in [0.5, 0.6) is 0 Å². The van der Waals surface area contributed by atoms with E-state index < -0.39 is 54.5 Å². The third-order valence-electron chi connectivity index (χ3n) is 4.26. The topological polar surface area (TPSA) is 227 Å². The first-order valence-corrected chi connectivity index (χ1v) is 12.9. The Labute approximate surface area is 174 Å². The average molecular weight is 504 g/mol. The summed E-state index contributed by atoms with van der Waals surface area (Å²) in [7, 11) is -14.9. The predicted molar refractivity (Wildman–Crippen MR) is 100 cm³/mol. The van der Waals surface area contributed by atoms with Gasteiger partial charge in [0, 0.05) is 7.05 Å². The number of phosphoric ester groups is 1. The molecule has 0 spiro atoms. The fourth-order valence-electron chi connectivity index (χ4n) is 2.99. The van der Waals surface area contributed by atoms with Gasteiger partial charge in [-0.25, -0.2) is 18.7 Å². The number of aromatic nitrogens is 2. The molecule has 1 aromatic heterocycles. The molecule has 3 rings (SSSR count). The van der Waals surface area contributed by atoms with Crippen LogP contribution in [0.3, 0.4) is 0 Å². The molecule has 1 fully saturated rings. The van der Waals surface area contributed by atoms with E-state index in [4.69, 9.17) is 19.4 Å². The highest BCUT2D eigenvalue weighted by Crippen LogP contribution is 2.66. The summed E-state index contributed by atoms with van der Waals surface area (Å²) in [5.41, 5.74) is 1.32. The molecule has 18 heteroatoms. The molecule has 0 aliphatic carbocycles. The lowest BCUT2D eigenvalue weighted by atomic mass is 10.1. The minimum atomic E-state index is -5.67. The van der Waals surface area contributed by atoms with Crippen LogP contribution in [0, 0.1) is 0 Å². The van der Waals surface area contributed by atoms with Gasteiger partial charge in [-0.15, -0.1) is 0 Å². The van der Waals surface area contributed by atoms with Gasteiger partial charge < -0.3 is 39.1 Å². The molecular weight excluding hydrogens is 485 g/mol. The van der Waals surface area contributed by atoms with E-state index in [9.17, 15) is 28.8 Å². The number of phosphoric acid groups is 3. The van der Waals surface area contributed by atoms with Crippen molar-refractivity contribution in [2.75, 3.05) is 6.61 Å². The largest absolute Gasteiger partial charge is 0.490 e. The highest BCUT2D eigenvalue weighted by atomic mass is 31.3. The van der Waals surface area contributed by atoms with Crippen molar-refractivity contribution in [3.8, 4) is 0 Å². The van der Waals surface area contributed by atoms with Crippen LogP contribution in [-0.2, 0) is 38.6 Å². The maximum Gasteiger partial charge on any atom is 0.490 e. The summed E-state index contributed by atoms with van der Waals surface area (Å²) in [4.78, 5) is 40.0. The molecule has 174 valence electrons. The summed E-state index contributed by atoms with van der Waals surface area (Å²) in [6.07, 6.45) is -5.62. The van der Waals surface area contributed by atoms with Gasteiger partial charge in [0.05, 0.1) is 17.6 Å². The zero-order valence-electron chi connectivity index (χ0n) is 15.6. The van der Waals surface area contributed by atoms with Crippen LogP contribution in [0.1, 0.15) is 11.9 Å². The van der Waals surface area contributed by atoms with Crippen LogP contribution < -0.4 is 0 Å².